The van der Waals surface area contributed by atoms with Crippen molar-refractivity contribution in [1.29, 1.82) is 0 Å². The number of morpholine rings is 1. The van der Waals surface area contributed by atoms with E-state index in [1.807, 2.05) is 36.0 Å². The smallest absolute Gasteiger partial charge is 0.233 e. The van der Waals surface area contributed by atoms with Crippen LogP contribution in [0.1, 0.15) is 0 Å². The maximum atomic E-state index is 12.4. The van der Waals surface area contributed by atoms with Crippen LogP contribution in [0.4, 0.5) is 0 Å². The van der Waals surface area contributed by atoms with Crippen LogP contribution in [0.2, 0.25) is 0 Å². The molecule has 0 radical (unpaired) electrons. The fourth-order valence-electron chi connectivity index (χ4n) is 2.55. The molecule has 1 aromatic rings. The molecule has 0 aromatic heterocycles. The van der Waals surface area contributed by atoms with E-state index in [-0.39, 0.29) is 18.8 Å². The number of ether oxygens (including phenoxy) is 4. The number of fused-ring (bicyclic) bond motifs is 1. The van der Waals surface area contributed by atoms with E-state index >= 15 is 0 Å². The molecule has 7 nitrogen and oxygen atoms in total. The van der Waals surface area contributed by atoms with E-state index in [2.05, 4.69) is 0 Å². The summed E-state index contributed by atoms with van der Waals surface area (Å²) < 4.78 is 22.8. The van der Waals surface area contributed by atoms with E-state index < -0.39 is 0 Å². The molecule has 2 aliphatic heterocycles. The molecule has 9 heteroatoms. The van der Waals surface area contributed by atoms with Crippen LogP contribution in [0, 0.1) is 0 Å². The number of carbonyl (C=O) groups is 1. The van der Waals surface area contributed by atoms with Crippen LogP contribution in [-0.4, -0.2) is 79.1 Å². The van der Waals surface area contributed by atoms with Gasteiger partial charge in [-0.15, -0.1) is 0 Å². The van der Waals surface area contributed by atoms with Crippen molar-refractivity contribution in [1.82, 2.24) is 9.80 Å². The minimum absolute atomic E-state index is 0.0654. The number of hydrogen-bond donors (Lipinski definition) is 0. The Morgan fingerprint density at radius 2 is 2.19 bits per heavy atom. The second kappa shape index (κ2) is 8.79. The number of carbonyl (C=O) groups excluding carboxylic acids is 1. The van der Waals surface area contributed by atoms with Gasteiger partial charge in [0.25, 0.3) is 0 Å². The lowest BCUT2D eigenvalue weighted by molar-refractivity contribution is -0.137. The van der Waals surface area contributed by atoms with Gasteiger partial charge in [-0.25, -0.2) is 0 Å². The van der Waals surface area contributed by atoms with E-state index in [0.717, 1.165) is 5.75 Å². The minimum atomic E-state index is -0.163. The number of thioether (sulfide) groups is 1. The normalized spacial score (nSPS) is 18.5. The van der Waals surface area contributed by atoms with Crippen LogP contribution in [-0.2, 0) is 9.53 Å². The molecule has 2 heterocycles. The molecule has 2 aliphatic rings. The summed E-state index contributed by atoms with van der Waals surface area (Å²) in [6.07, 6.45) is -0.163. The largest absolute Gasteiger partial charge is 0.491 e. The van der Waals surface area contributed by atoms with Gasteiger partial charge in [0.1, 0.15) is 22.8 Å². The lowest BCUT2D eigenvalue weighted by atomic mass is 10.2. The highest BCUT2D eigenvalue weighted by Gasteiger charge is 2.25. The number of benzene rings is 1. The van der Waals surface area contributed by atoms with Gasteiger partial charge in [-0.1, -0.05) is 24.0 Å². The van der Waals surface area contributed by atoms with Gasteiger partial charge >= 0.3 is 0 Å². The van der Waals surface area contributed by atoms with Crippen molar-refractivity contribution >= 4 is 34.2 Å². The molecule has 1 fully saturated rings. The molecule has 142 valence electrons. The van der Waals surface area contributed by atoms with Crippen molar-refractivity contribution in [2.24, 2.45) is 0 Å². The highest BCUT2D eigenvalue weighted by atomic mass is 32.2. The van der Waals surface area contributed by atoms with Crippen LogP contribution >= 0.6 is 24.0 Å². The molecule has 0 aliphatic carbocycles. The SMILES string of the molecule is CN(C)C(=S)SCC(=O)N1CCOC(COc2ccc3c(c2)OCO3)C1. The molecular formula is C17H22N2O5S2. The molecule has 1 aromatic carbocycles. The van der Waals surface area contributed by atoms with Gasteiger partial charge in [0, 0.05) is 26.7 Å². The summed E-state index contributed by atoms with van der Waals surface area (Å²) in [5.74, 6) is 2.49. The monoisotopic (exact) mass is 398 g/mol. The second-order valence-electron chi connectivity index (χ2n) is 6.11. The van der Waals surface area contributed by atoms with Crippen molar-refractivity contribution in [3.8, 4) is 17.2 Å². The molecule has 0 bridgehead atoms. The van der Waals surface area contributed by atoms with Crippen molar-refractivity contribution in [3.63, 3.8) is 0 Å². The van der Waals surface area contributed by atoms with Gasteiger partial charge in [-0.3, -0.25) is 4.79 Å². The Bertz CT molecular complexity index is 671. The zero-order valence-electron chi connectivity index (χ0n) is 14.8. The van der Waals surface area contributed by atoms with Crippen LogP contribution in [0.25, 0.3) is 0 Å². The van der Waals surface area contributed by atoms with Crippen LogP contribution in [0.15, 0.2) is 18.2 Å². The lowest BCUT2D eigenvalue weighted by Gasteiger charge is -2.33. The molecule has 1 atom stereocenters. The van der Waals surface area contributed by atoms with Gasteiger partial charge in [0.2, 0.25) is 12.7 Å². The Morgan fingerprint density at radius 3 is 3.00 bits per heavy atom. The van der Waals surface area contributed by atoms with Crippen molar-refractivity contribution in [3.05, 3.63) is 18.2 Å². The third-order valence-electron chi connectivity index (χ3n) is 3.96. The van der Waals surface area contributed by atoms with E-state index in [0.29, 0.717) is 47.9 Å². The van der Waals surface area contributed by atoms with E-state index in [9.17, 15) is 4.79 Å². The highest BCUT2D eigenvalue weighted by molar-refractivity contribution is 8.23. The van der Waals surface area contributed by atoms with Gasteiger partial charge in [-0.05, 0) is 12.1 Å². The topological polar surface area (TPSA) is 60.5 Å². The molecule has 1 saturated heterocycles. The first kappa shape index (κ1) is 19.1. The summed E-state index contributed by atoms with van der Waals surface area (Å²) in [6, 6.07) is 5.45. The molecule has 1 unspecified atom stereocenters. The summed E-state index contributed by atoms with van der Waals surface area (Å²) in [4.78, 5) is 16.0. The van der Waals surface area contributed by atoms with E-state index in [1.165, 1.54) is 11.8 Å². The fraction of sp³-hybridized carbons (Fsp3) is 0.529. The minimum Gasteiger partial charge on any atom is -0.491 e. The summed E-state index contributed by atoms with van der Waals surface area (Å²) >= 11 is 6.58. The quantitative estimate of drug-likeness (QED) is 0.694. The van der Waals surface area contributed by atoms with Gasteiger partial charge in [0.05, 0.1) is 18.9 Å². The van der Waals surface area contributed by atoms with Crippen molar-refractivity contribution < 1.29 is 23.7 Å². The fourth-order valence-corrected chi connectivity index (χ4v) is 3.41. The number of rotatable bonds is 5. The molecule has 1 amide bonds. The standard InChI is InChI=1S/C17H22N2O5S2/c1-18(2)17(25)26-10-16(20)19-5-6-21-13(8-19)9-22-12-3-4-14-15(7-12)24-11-23-14/h3-4,7,13H,5-6,8-11H2,1-2H3. The predicted molar refractivity (Wildman–Crippen MR) is 103 cm³/mol. The second-order valence-corrected chi connectivity index (χ2v) is 7.72. The molecule has 0 spiro atoms. The maximum absolute atomic E-state index is 12.4. The first-order valence-corrected chi connectivity index (χ1v) is 9.68. The first-order chi connectivity index (χ1) is 12.5. The van der Waals surface area contributed by atoms with Crippen LogP contribution < -0.4 is 14.2 Å². The summed E-state index contributed by atoms with van der Waals surface area (Å²) in [5.41, 5.74) is 0. The van der Waals surface area contributed by atoms with E-state index in [1.54, 1.807) is 6.07 Å². The summed E-state index contributed by atoms with van der Waals surface area (Å²) in [6.45, 7) is 2.21. The average Bonchev–Trinajstić information content (AvgIpc) is 3.12. The Balaban J connectivity index is 1.46. The number of thiocarbonyl (C=S) groups is 1. The first-order valence-electron chi connectivity index (χ1n) is 8.29. The van der Waals surface area contributed by atoms with Gasteiger partial charge < -0.3 is 28.7 Å². The Kier molecular flexibility index (Phi) is 6.44. The molecule has 3 rings (SSSR count). The molecular weight excluding hydrogens is 376 g/mol. The summed E-state index contributed by atoms with van der Waals surface area (Å²) in [5, 5.41) is 0. The third kappa shape index (κ3) is 4.93. The van der Waals surface area contributed by atoms with Crippen LogP contribution in [0.5, 0.6) is 17.2 Å². The maximum Gasteiger partial charge on any atom is 0.233 e. The number of nitrogens with zero attached hydrogens (tertiary/aromatic N) is 2. The van der Waals surface area contributed by atoms with Gasteiger partial charge in [-0.2, -0.15) is 0 Å². The zero-order chi connectivity index (χ0) is 18.5. The predicted octanol–water partition coefficient (Wildman–Crippen LogP) is 1.60. The van der Waals surface area contributed by atoms with Crippen LogP contribution in [0.3, 0.4) is 0 Å². The summed E-state index contributed by atoms with van der Waals surface area (Å²) in [7, 11) is 3.75. The van der Waals surface area contributed by atoms with Crippen molar-refractivity contribution in [2.75, 3.05) is 52.9 Å². The number of amides is 1. The Morgan fingerprint density at radius 1 is 1.38 bits per heavy atom. The third-order valence-corrected chi connectivity index (χ3v) is 5.68. The molecule has 0 saturated carbocycles. The zero-order valence-corrected chi connectivity index (χ0v) is 16.4. The molecule has 0 N–H and O–H groups in total. The van der Waals surface area contributed by atoms with Crippen molar-refractivity contribution in [2.45, 2.75) is 6.10 Å². The number of hydrogen-bond acceptors (Lipinski definition) is 7. The molecule has 26 heavy (non-hydrogen) atoms. The lowest BCUT2D eigenvalue weighted by Crippen LogP contribution is -2.48. The average molecular weight is 399 g/mol. The highest BCUT2D eigenvalue weighted by Crippen LogP contribution is 2.35. The Labute approximate surface area is 162 Å². The Hall–Kier alpha value is -1.71. The van der Waals surface area contributed by atoms with Gasteiger partial charge in [0.15, 0.2) is 11.5 Å². The van der Waals surface area contributed by atoms with E-state index in [4.69, 9.17) is 31.2 Å².